The van der Waals surface area contributed by atoms with Crippen LogP contribution in [0.15, 0.2) is 0 Å². The van der Waals surface area contributed by atoms with Crippen molar-refractivity contribution in [3.8, 4) is 0 Å². The minimum absolute atomic E-state index is 0.0679. The lowest BCUT2D eigenvalue weighted by molar-refractivity contribution is -0.146. The van der Waals surface area contributed by atoms with Crippen molar-refractivity contribution in [3.63, 3.8) is 0 Å². The van der Waals surface area contributed by atoms with Crippen molar-refractivity contribution < 1.29 is 23.8 Å². The van der Waals surface area contributed by atoms with Crippen LogP contribution in [0.5, 0.6) is 0 Å². The molecule has 0 aromatic rings. The molecule has 104 valence electrons. The van der Waals surface area contributed by atoms with E-state index in [4.69, 9.17) is 9.47 Å². The molecule has 0 radical (unpaired) electrons. The van der Waals surface area contributed by atoms with Gasteiger partial charge in [0.25, 0.3) is 0 Å². The highest BCUT2D eigenvalue weighted by atomic mass is 16.5. The van der Waals surface area contributed by atoms with Gasteiger partial charge in [0.2, 0.25) is 5.91 Å². The van der Waals surface area contributed by atoms with E-state index in [2.05, 4.69) is 10.1 Å². The van der Waals surface area contributed by atoms with Crippen LogP contribution < -0.4 is 5.32 Å². The quantitative estimate of drug-likeness (QED) is 0.470. The number of nitrogens with one attached hydrogen (secondary N) is 1. The highest BCUT2D eigenvalue weighted by Gasteiger charge is 2.30. The number of rotatable bonds is 9. The molecule has 1 rings (SSSR count). The number of methoxy groups -OCH3 is 2. The molecule has 1 fully saturated rings. The molecule has 0 spiro atoms. The fourth-order valence-electron chi connectivity index (χ4n) is 1.59. The molecule has 0 aromatic carbocycles. The van der Waals surface area contributed by atoms with E-state index in [0.717, 1.165) is 12.8 Å². The third kappa shape index (κ3) is 5.97. The van der Waals surface area contributed by atoms with Crippen molar-refractivity contribution >= 4 is 11.9 Å². The van der Waals surface area contributed by atoms with Gasteiger partial charge in [-0.1, -0.05) is 12.8 Å². The average Bonchev–Trinajstić information content (AvgIpc) is 3.17. The molecule has 0 unspecified atom stereocenters. The van der Waals surface area contributed by atoms with Gasteiger partial charge in [0, 0.05) is 7.11 Å². The Labute approximate surface area is 107 Å². The summed E-state index contributed by atoms with van der Waals surface area (Å²) >= 11 is 0. The molecule has 0 bridgehead atoms. The Balaban J connectivity index is 2.25. The molecule has 0 heterocycles. The molecule has 0 aromatic heterocycles. The van der Waals surface area contributed by atoms with Crippen LogP contribution in [-0.2, 0) is 23.8 Å². The molecule has 1 aliphatic rings. The highest BCUT2D eigenvalue weighted by Crippen LogP contribution is 2.33. The third-order valence-electron chi connectivity index (χ3n) is 2.75. The Morgan fingerprint density at radius 2 is 2.00 bits per heavy atom. The minimum atomic E-state index is -0.555. The van der Waals surface area contributed by atoms with Gasteiger partial charge < -0.3 is 19.5 Å². The van der Waals surface area contributed by atoms with E-state index >= 15 is 0 Å². The zero-order valence-electron chi connectivity index (χ0n) is 10.9. The van der Waals surface area contributed by atoms with Crippen molar-refractivity contribution in [1.29, 1.82) is 0 Å². The van der Waals surface area contributed by atoms with E-state index in [1.807, 2.05) is 0 Å². The van der Waals surface area contributed by atoms with E-state index in [1.165, 1.54) is 7.11 Å². The maximum Gasteiger partial charge on any atom is 0.328 e. The number of carbonyl (C=O) groups excluding carboxylic acids is 2. The van der Waals surface area contributed by atoms with Crippen molar-refractivity contribution in [3.05, 3.63) is 0 Å². The molecule has 0 aliphatic heterocycles. The standard InChI is InChI=1S/C12H21NO5/c1-16-5-6-18-8-11(14)13-10(12(15)17-2)7-9-3-4-9/h9-10H,3-8H2,1-2H3,(H,13,14)/t10-/m0/s1. The Kier molecular flexibility index (Phi) is 6.67. The van der Waals surface area contributed by atoms with Crippen LogP contribution >= 0.6 is 0 Å². The summed E-state index contributed by atoms with van der Waals surface area (Å²) in [7, 11) is 2.88. The number of amides is 1. The maximum absolute atomic E-state index is 11.6. The summed E-state index contributed by atoms with van der Waals surface area (Å²) in [6, 6.07) is -0.555. The first kappa shape index (κ1) is 14.9. The molecular weight excluding hydrogens is 238 g/mol. The molecule has 6 nitrogen and oxygen atoms in total. The lowest BCUT2D eigenvalue weighted by atomic mass is 10.1. The SMILES string of the molecule is COCCOCC(=O)N[C@@H](CC1CC1)C(=O)OC. The average molecular weight is 259 g/mol. The van der Waals surface area contributed by atoms with E-state index in [9.17, 15) is 9.59 Å². The number of ether oxygens (including phenoxy) is 3. The van der Waals surface area contributed by atoms with E-state index in [1.54, 1.807) is 7.11 Å². The zero-order chi connectivity index (χ0) is 13.4. The van der Waals surface area contributed by atoms with Gasteiger partial charge in [-0.25, -0.2) is 4.79 Å². The van der Waals surface area contributed by atoms with Crippen LogP contribution in [0.3, 0.4) is 0 Å². The first-order valence-electron chi connectivity index (χ1n) is 6.11. The largest absolute Gasteiger partial charge is 0.467 e. The lowest BCUT2D eigenvalue weighted by Gasteiger charge is -2.16. The second kappa shape index (κ2) is 8.05. The van der Waals surface area contributed by atoms with Gasteiger partial charge in [0.1, 0.15) is 12.6 Å². The van der Waals surface area contributed by atoms with Gasteiger partial charge >= 0.3 is 5.97 Å². The number of esters is 1. The van der Waals surface area contributed by atoms with Crippen LogP contribution in [0.2, 0.25) is 0 Å². The maximum atomic E-state index is 11.6. The van der Waals surface area contributed by atoms with Gasteiger partial charge in [-0.15, -0.1) is 0 Å². The van der Waals surface area contributed by atoms with E-state index in [-0.39, 0.29) is 12.5 Å². The molecule has 1 N–H and O–H groups in total. The van der Waals surface area contributed by atoms with E-state index in [0.29, 0.717) is 25.6 Å². The number of carbonyl (C=O) groups is 2. The second-order valence-corrected chi connectivity index (χ2v) is 4.37. The fourth-order valence-corrected chi connectivity index (χ4v) is 1.59. The molecule has 1 amide bonds. The number of hydrogen-bond acceptors (Lipinski definition) is 5. The minimum Gasteiger partial charge on any atom is -0.467 e. The molecule has 1 aliphatic carbocycles. The summed E-state index contributed by atoms with van der Waals surface area (Å²) in [6.45, 7) is 0.729. The normalized spacial score (nSPS) is 16.1. The first-order valence-corrected chi connectivity index (χ1v) is 6.11. The first-order chi connectivity index (χ1) is 8.67. The molecule has 0 saturated heterocycles. The van der Waals surface area contributed by atoms with Gasteiger partial charge in [0.05, 0.1) is 20.3 Å². The summed E-state index contributed by atoms with van der Waals surface area (Å²) in [5.41, 5.74) is 0. The van der Waals surface area contributed by atoms with Crippen LogP contribution in [0, 0.1) is 5.92 Å². The van der Waals surface area contributed by atoms with Crippen molar-refractivity contribution in [2.45, 2.75) is 25.3 Å². The van der Waals surface area contributed by atoms with Crippen molar-refractivity contribution in [2.75, 3.05) is 34.0 Å². The van der Waals surface area contributed by atoms with E-state index < -0.39 is 12.0 Å². The van der Waals surface area contributed by atoms with Gasteiger partial charge in [-0.2, -0.15) is 0 Å². The zero-order valence-corrected chi connectivity index (χ0v) is 10.9. The van der Waals surface area contributed by atoms with Crippen LogP contribution in [-0.4, -0.2) is 52.0 Å². The van der Waals surface area contributed by atoms with Crippen molar-refractivity contribution in [2.24, 2.45) is 5.92 Å². The number of hydrogen-bond donors (Lipinski definition) is 1. The van der Waals surface area contributed by atoms with Crippen molar-refractivity contribution in [1.82, 2.24) is 5.32 Å². The molecule has 1 saturated carbocycles. The molecular formula is C12H21NO5. The molecule has 6 heteroatoms. The fraction of sp³-hybridized carbons (Fsp3) is 0.833. The van der Waals surface area contributed by atoms with Gasteiger partial charge in [0.15, 0.2) is 0 Å². The van der Waals surface area contributed by atoms with Gasteiger partial charge in [-0.05, 0) is 12.3 Å². The Morgan fingerprint density at radius 3 is 2.56 bits per heavy atom. The Bertz CT molecular complexity index is 278. The summed E-state index contributed by atoms with van der Waals surface area (Å²) in [6.07, 6.45) is 2.89. The monoisotopic (exact) mass is 259 g/mol. The topological polar surface area (TPSA) is 73.9 Å². The summed E-state index contributed by atoms with van der Waals surface area (Å²) in [5.74, 6) is -0.168. The lowest BCUT2D eigenvalue weighted by Crippen LogP contribution is -2.43. The summed E-state index contributed by atoms with van der Waals surface area (Å²) in [4.78, 5) is 23.0. The van der Waals surface area contributed by atoms with Crippen LogP contribution in [0.25, 0.3) is 0 Å². The highest BCUT2D eigenvalue weighted by molar-refractivity contribution is 5.85. The molecule has 18 heavy (non-hydrogen) atoms. The second-order valence-electron chi connectivity index (χ2n) is 4.37. The predicted molar refractivity (Wildman–Crippen MR) is 64.0 cm³/mol. The smallest absolute Gasteiger partial charge is 0.328 e. The summed E-state index contributed by atoms with van der Waals surface area (Å²) in [5, 5.41) is 2.64. The van der Waals surface area contributed by atoms with Crippen LogP contribution in [0.4, 0.5) is 0 Å². The Hall–Kier alpha value is -1.14. The Morgan fingerprint density at radius 1 is 1.28 bits per heavy atom. The molecule has 1 atom stereocenters. The van der Waals surface area contributed by atoms with Gasteiger partial charge in [-0.3, -0.25) is 4.79 Å². The predicted octanol–water partition coefficient (Wildman–Crippen LogP) is 0.107. The third-order valence-corrected chi connectivity index (χ3v) is 2.75. The van der Waals surface area contributed by atoms with Crippen LogP contribution in [0.1, 0.15) is 19.3 Å². The summed E-state index contributed by atoms with van der Waals surface area (Å²) < 4.78 is 14.5.